The third-order valence-corrected chi connectivity index (χ3v) is 5.17. The number of anilines is 1. The number of ether oxygens (including phenoxy) is 1. The number of fused-ring (bicyclic) bond motifs is 1. The predicted octanol–water partition coefficient (Wildman–Crippen LogP) is 5.08. The molecular weight excluding hydrogens is 435 g/mol. The Balaban J connectivity index is 1.54. The number of hydrogen-bond acceptors (Lipinski definition) is 3. The Kier molecular flexibility index (Phi) is 6.26. The molecule has 1 aliphatic heterocycles. The number of halogens is 2. The van der Waals surface area contributed by atoms with Crippen molar-refractivity contribution in [3.05, 3.63) is 99.7 Å². The van der Waals surface area contributed by atoms with Gasteiger partial charge in [0.15, 0.2) is 11.5 Å². The normalized spacial score (nSPS) is 14.2. The molecule has 0 atom stereocenters. The van der Waals surface area contributed by atoms with Gasteiger partial charge in [-0.3, -0.25) is 14.5 Å². The highest BCUT2D eigenvalue weighted by Gasteiger charge is 2.31. The molecular formula is C24H18Cl2N2O3. The van der Waals surface area contributed by atoms with Gasteiger partial charge in [-0.15, -0.1) is 0 Å². The van der Waals surface area contributed by atoms with Crippen LogP contribution < -0.4 is 15.0 Å². The van der Waals surface area contributed by atoms with Crippen LogP contribution in [0.5, 0.6) is 5.75 Å². The van der Waals surface area contributed by atoms with E-state index in [0.717, 1.165) is 11.1 Å². The van der Waals surface area contributed by atoms with Gasteiger partial charge in [0.1, 0.15) is 6.54 Å². The van der Waals surface area contributed by atoms with Gasteiger partial charge in [-0.1, -0.05) is 59.6 Å². The molecule has 0 bridgehead atoms. The van der Waals surface area contributed by atoms with Crippen molar-refractivity contribution in [2.45, 2.75) is 6.54 Å². The summed E-state index contributed by atoms with van der Waals surface area (Å²) in [7, 11) is 0. The van der Waals surface area contributed by atoms with E-state index in [1.54, 1.807) is 54.6 Å². The van der Waals surface area contributed by atoms with Gasteiger partial charge >= 0.3 is 0 Å². The largest absolute Gasteiger partial charge is 0.449 e. The van der Waals surface area contributed by atoms with E-state index < -0.39 is 5.91 Å². The number of amides is 2. The Morgan fingerprint density at radius 1 is 0.968 bits per heavy atom. The van der Waals surface area contributed by atoms with Gasteiger partial charge in [-0.05, 0) is 53.6 Å². The lowest BCUT2D eigenvalue weighted by atomic mass is 10.1. The fraction of sp³-hybridized carbons (Fsp3) is 0.0833. The average Bonchev–Trinajstić information content (AvgIpc) is 2.76. The van der Waals surface area contributed by atoms with Crippen molar-refractivity contribution in [2.75, 3.05) is 11.4 Å². The fourth-order valence-corrected chi connectivity index (χ4v) is 3.49. The molecule has 1 aliphatic rings. The third-order valence-electron chi connectivity index (χ3n) is 4.68. The number of carbonyl (C=O) groups is 2. The molecule has 3 aromatic rings. The van der Waals surface area contributed by atoms with Crippen molar-refractivity contribution in [1.29, 1.82) is 0 Å². The van der Waals surface area contributed by atoms with Gasteiger partial charge in [0.05, 0.1) is 5.69 Å². The van der Waals surface area contributed by atoms with E-state index in [2.05, 4.69) is 5.32 Å². The molecule has 7 heteroatoms. The first-order valence-electron chi connectivity index (χ1n) is 9.57. The maximum Gasteiger partial charge on any atom is 0.294 e. The summed E-state index contributed by atoms with van der Waals surface area (Å²) in [5, 5.41) is 4.02. The van der Waals surface area contributed by atoms with Crippen LogP contribution in [0, 0.1) is 0 Å². The summed E-state index contributed by atoms with van der Waals surface area (Å²) in [5.74, 6) is -0.0743. The Bertz CT molecular complexity index is 1160. The van der Waals surface area contributed by atoms with E-state index in [4.69, 9.17) is 27.9 Å². The molecule has 0 aliphatic carbocycles. The molecule has 2 amide bonds. The second kappa shape index (κ2) is 9.25. The molecule has 0 saturated heterocycles. The first kappa shape index (κ1) is 21.0. The summed E-state index contributed by atoms with van der Waals surface area (Å²) in [5.41, 5.74) is 2.17. The SMILES string of the molecule is O=C(CN1C(=O)/C(=C\c2cccc(Cl)c2)Oc2ccccc21)NCc1ccc(Cl)cc1. The number of carbonyl (C=O) groups excluding carboxylic acids is 2. The van der Waals surface area contributed by atoms with Gasteiger partial charge < -0.3 is 10.1 Å². The monoisotopic (exact) mass is 452 g/mol. The standard InChI is InChI=1S/C24H18Cl2N2O3/c25-18-10-8-16(9-11-18)14-27-23(29)15-28-20-6-1-2-7-21(20)31-22(24(28)30)13-17-4-3-5-19(26)12-17/h1-13H,14-15H2,(H,27,29)/b22-13+. The Hall–Kier alpha value is -3.28. The number of para-hydroxylation sites is 2. The van der Waals surface area contributed by atoms with Crippen LogP contribution in [0.1, 0.15) is 11.1 Å². The number of benzene rings is 3. The van der Waals surface area contributed by atoms with Crippen LogP contribution in [0.4, 0.5) is 5.69 Å². The van der Waals surface area contributed by atoms with Gasteiger partial charge in [0, 0.05) is 16.6 Å². The zero-order valence-electron chi connectivity index (χ0n) is 16.3. The molecule has 0 saturated carbocycles. The van der Waals surface area contributed by atoms with Crippen LogP contribution in [0.3, 0.4) is 0 Å². The first-order valence-corrected chi connectivity index (χ1v) is 10.3. The zero-order chi connectivity index (χ0) is 21.8. The Labute approximate surface area is 189 Å². The third kappa shape index (κ3) is 5.08. The Morgan fingerprint density at radius 3 is 2.52 bits per heavy atom. The first-order chi connectivity index (χ1) is 15.0. The van der Waals surface area contributed by atoms with E-state index in [1.165, 1.54) is 4.90 Å². The molecule has 156 valence electrons. The second-order valence-corrected chi connectivity index (χ2v) is 7.80. The number of hydrogen-bond donors (Lipinski definition) is 1. The summed E-state index contributed by atoms with van der Waals surface area (Å²) in [4.78, 5) is 27.1. The topological polar surface area (TPSA) is 58.6 Å². The van der Waals surface area contributed by atoms with Crippen LogP contribution in [-0.4, -0.2) is 18.4 Å². The van der Waals surface area contributed by atoms with Gasteiger partial charge in [0.2, 0.25) is 5.91 Å². The van der Waals surface area contributed by atoms with E-state index in [-0.39, 0.29) is 18.2 Å². The van der Waals surface area contributed by atoms with Crippen LogP contribution >= 0.6 is 23.2 Å². The molecule has 1 N–H and O–H groups in total. The minimum atomic E-state index is -0.402. The maximum absolute atomic E-state index is 13.1. The highest BCUT2D eigenvalue weighted by atomic mass is 35.5. The zero-order valence-corrected chi connectivity index (χ0v) is 17.9. The van der Waals surface area contributed by atoms with Crippen molar-refractivity contribution >= 4 is 46.8 Å². The minimum absolute atomic E-state index is 0.117. The molecule has 0 spiro atoms. The molecule has 4 rings (SSSR count). The molecule has 0 unspecified atom stereocenters. The number of nitrogens with zero attached hydrogens (tertiary/aromatic N) is 1. The van der Waals surface area contributed by atoms with Crippen LogP contribution in [0.15, 0.2) is 78.6 Å². The van der Waals surface area contributed by atoms with E-state index >= 15 is 0 Å². The van der Waals surface area contributed by atoms with Crippen LogP contribution in [-0.2, 0) is 16.1 Å². The lowest BCUT2D eigenvalue weighted by molar-refractivity contribution is -0.123. The van der Waals surface area contributed by atoms with Crippen molar-refractivity contribution in [2.24, 2.45) is 0 Å². The molecule has 0 fully saturated rings. The fourth-order valence-electron chi connectivity index (χ4n) is 3.17. The van der Waals surface area contributed by atoms with Gasteiger partial charge in [-0.2, -0.15) is 0 Å². The van der Waals surface area contributed by atoms with E-state index in [0.29, 0.717) is 28.0 Å². The predicted molar refractivity (Wildman–Crippen MR) is 122 cm³/mol. The van der Waals surface area contributed by atoms with Gasteiger partial charge in [0.25, 0.3) is 5.91 Å². The van der Waals surface area contributed by atoms with Crippen molar-refractivity contribution in [3.8, 4) is 5.75 Å². The van der Waals surface area contributed by atoms with Crippen molar-refractivity contribution < 1.29 is 14.3 Å². The average molecular weight is 453 g/mol. The molecule has 0 radical (unpaired) electrons. The van der Waals surface area contributed by atoms with Crippen molar-refractivity contribution in [1.82, 2.24) is 5.32 Å². The number of rotatable bonds is 5. The molecule has 31 heavy (non-hydrogen) atoms. The van der Waals surface area contributed by atoms with E-state index in [9.17, 15) is 9.59 Å². The number of nitrogens with one attached hydrogen (secondary N) is 1. The summed E-state index contributed by atoms with van der Waals surface area (Å²) in [6, 6.07) is 21.4. The molecule has 1 heterocycles. The highest BCUT2D eigenvalue weighted by Crippen LogP contribution is 2.35. The second-order valence-electron chi connectivity index (χ2n) is 6.93. The highest BCUT2D eigenvalue weighted by molar-refractivity contribution is 6.31. The minimum Gasteiger partial charge on any atom is -0.449 e. The summed E-state index contributed by atoms with van der Waals surface area (Å²) < 4.78 is 5.82. The van der Waals surface area contributed by atoms with Crippen LogP contribution in [0.2, 0.25) is 10.0 Å². The summed E-state index contributed by atoms with van der Waals surface area (Å²) >= 11 is 11.9. The summed E-state index contributed by atoms with van der Waals surface area (Å²) in [6.07, 6.45) is 1.61. The lowest BCUT2D eigenvalue weighted by Gasteiger charge is -2.30. The van der Waals surface area contributed by atoms with Crippen molar-refractivity contribution in [3.63, 3.8) is 0 Å². The summed E-state index contributed by atoms with van der Waals surface area (Å²) in [6.45, 7) is 0.196. The smallest absolute Gasteiger partial charge is 0.294 e. The molecule has 0 aromatic heterocycles. The maximum atomic E-state index is 13.1. The van der Waals surface area contributed by atoms with Crippen LogP contribution in [0.25, 0.3) is 6.08 Å². The molecule has 3 aromatic carbocycles. The lowest BCUT2D eigenvalue weighted by Crippen LogP contribution is -2.44. The Morgan fingerprint density at radius 2 is 1.74 bits per heavy atom. The molecule has 5 nitrogen and oxygen atoms in total. The van der Waals surface area contributed by atoms with E-state index in [1.807, 2.05) is 24.3 Å². The van der Waals surface area contributed by atoms with Gasteiger partial charge in [-0.25, -0.2) is 0 Å². The quantitative estimate of drug-likeness (QED) is 0.549.